The molecule has 1 aromatic rings. The Morgan fingerprint density at radius 1 is 1.62 bits per heavy atom. The van der Waals surface area contributed by atoms with Crippen LogP contribution in [0.3, 0.4) is 0 Å². The van der Waals surface area contributed by atoms with Gasteiger partial charge in [-0.25, -0.2) is 0 Å². The summed E-state index contributed by atoms with van der Waals surface area (Å²) >= 11 is 0. The van der Waals surface area contributed by atoms with Gasteiger partial charge in [-0.05, 0) is 32.4 Å². The molecule has 1 unspecified atom stereocenters. The maximum atomic E-state index is 4.38. The van der Waals surface area contributed by atoms with E-state index in [2.05, 4.69) is 22.7 Å². The van der Waals surface area contributed by atoms with E-state index in [0.717, 1.165) is 12.2 Å². The molecule has 1 saturated heterocycles. The Morgan fingerprint density at radius 2 is 2.54 bits per heavy atom. The van der Waals surface area contributed by atoms with Gasteiger partial charge in [0, 0.05) is 12.2 Å². The predicted octanol–water partition coefficient (Wildman–Crippen LogP) is 1.33. The van der Waals surface area contributed by atoms with E-state index in [9.17, 15) is 0 Å². The van der Waals surface area contributed by atoms with Crippen LogP contribution in [-0.4, -0.2) is 22.4 Å². The van der Waals surface area contributed by atoms with Crippen molar-refractivity contribution >= 4 is 0 Å². The summed E-state index contributed by atoms with van der Waals surface area (Å²) in [4.78, 5) is 0. The quantitative estimate of drug-likeness (QED) is 0.742. The highest BCUT2D eigenvalue weighted by Crippen LogP contribution is 2.08. The topological polar surface area (TPSA) is 29.9 Å². The molecule has 0 amide bonds. The van der Waals surface area contributed by atoms with Gasteiger partial charge >= 0.3 is 0 Å². The van der Waals surface area contributed by atoms with Crippen LogP contribution in [0.2, 0.25) is 0 Å². The van der Waals surface area contributed by atoms with Crippen molar-refractivity contribution < 1.29 is 0 Å². The summed E-state index contributed by atoms with van der Waals surface area (Å²) < 4.78 is 2.04. The molecule has 13 heavy (non-hydrogen) atoms. The van der Waals surface area contributed by atoms with E-state index in [-0.39, 0.29) is 0 Å². The van der Waals surface area contributed by atoms with Crippen molar-refractivity contribution in [3.63, 3.8) is 0 Å². The standard InChI is InChI=1S/C10H17N3/c1-9-5-7-13(12-9)8-10-4-2-3-6-11-10/h5,7,10-11H,2-4,6,8H2,1H3. The van der Waals surface area contributed by atoms with Crippen molar-refractivity contribution in [3.8, 4) is 0 Å². The van der Waals surface area contributed by atoms with E-state index >= 15 is 0 Å². The number of rotatable bonds is 2. The summed E-state index contributed by atoms with van der Waals surface area (Å²) in [6.45, 7) is 4.23. The Hall–Kier alpha value is -0.830. The average Bonchev–Trinajstić information content (AvgIpc) is 2.53. The second-order valence-electron chi connectivity index (χ2n) is 3.83. The summed E-state index contributed by atoms with van der Waals surface area (Å²) in [5.74, 6) is 0. The number of nitrogens with zero attached hydrogens (tertiary/aromatic N) is 2. The smallest absolute Gasteiger partial charge is 0.0593 e. The summed E-state index contributed by atoms with van der Waals surface area (Å²) in [7, 11) is 0. The maximum absolute atomic E-state index is 4.38. The van der Waals surface area contributed by atoms with Gasteiger partial charge in [0.25, 0.3) is 0 Å². The first-order valence-corrected chi connectivity index (χ1v) is 5.08. The molecular formula is C10H17N3. The molecule has 1 atom stereocenters. The molecule has 0 saturated carbocycles. The summed E-state index contributed by atoms with van der Waals surface area (Å²) in [6, 6.07) is 2.69. The molecule has 3 nitrogen and oxygen atoms in total. The van der Waals surface area contributed by atoms with E-state index in [1.807, 2.05) is 11.6 Å². The fraction of sp³-hybridized carbons (Fsp3) is 0.700. The van der Waals surface area contributed by atoms with Gasteiger partial charge < -0.3 is 5.32 Å². The minimum atomic E-state index is 0.632. The number of nitrogens with one attached hydrogen (secondary N) is 1. The van der Waals surface area contributed by atoms with Gasteiger partial charge in [0.05, 0.1) is 12.2 Å². The van der Waals surface area contributed by atoms with Crippen molar-refractivity contribution in [2.24, 2.45) is 0 Å². The van der Waals surface area contributed by atoms with Gasteiger partial charge in [0.2, 0.25) is 0 Å². The Kier molecular flexibility index (Phi) is 2.64. The Labute approximate surface area is 79.1 Å². The van der Waals surface area contributed by atoms with Crippen LogP contribution in [0.25, 0.3) is 0 Å². The van der Waals surface area contributed by atoms with Crippen LogP contribution in [0.1, 0.15) is 25.0 Å². The molecule has 0 bridgehead atoms. The van der Waals surface area contributed by atoms with Gasteiger partial charge in [0.15, 0.2) is 0 Å². The Bertz CT molecular complexity index is 261. The van der Waals surface area contributed by atoms with Crippen molar-refractivity contribution in [2.45, 2.75) is 38.8 Å². The van der Waals surface area contributed by atoms with E-state index in [1.165, 1.54) is 25.8 Å². The highest BCUT2D eigenvalue weighted by Gasteiger charge is 2.12. The van der Waals surface area contributed by atoms with Gasteiger partial charge in [-0.15, -0.1) is 0 Å². The zero-order chi connectivity index (χ0) is 9.10. The lowest BCUT2D eigenvalue weighted by Gasteiger charge is -2.23. The summed E-state index contributed by atoms with van der Waals surface area (Å²) in [6.07, 6.45) is 6.04. The third kappa shape index (κ3) is 2.31. The first-order chi connectivity index (χ1) is 6.34. The molecule has 72 valence electrons. The maximum Gasteiger partial charge on any atom is 0.0593 e. The molecule has 0 aliphatic carbocycles. The first kappa shape index (κ1) is 8.75. The highest BCUT2D eigenvalue weighted by atomic mass is 15.3. The van der Waals surface area contributed by atoms with Crippen LogP contribution >= 0.6 is 0 Å². The Morgan fingerprint density at radius 3 is 3.15 bits per heavy atom. The zero-order valence-electron chi connectivity index (χ0n) is 8.16. The Balaban J connectivity index is 1.89. The number of aryl methyl sites for hydroxylation is 1. The number of aromatic nitrogens is 2. The van der Waals surface area contributed by atoms with Crippen LogP contribution in [0, 0.1) is 6.92 Å². The van der Waals surface area contributed by atoms with E-state index in [4.69, 9.17) is 0 Å². The third-order valence-electron chi connectivity index (χ3n) is 2.59. The van der Waals surface area contributed by atoms with Crippen molar-refractivity contribution in [1.82, 2.24) is 15.1 Å². The van der Waals surface area contributed by atoms with Crippen molar-refractivity contribution in [1.29, 1.82) is 0 Å². The lowest BCUT2D eigenvalue weighted by atomic mass is 10.1. The fourth-order valence-corrected chi connectivity index (χ4v) is 1.87. The second-order valence-corrected chi connectivity index (χ2v) is 3.83. The molecule has 2 rings (SSSR count). The molecule has 3 heteroatoms. The fourth-order valence-electron chi connectivity index (χ4n) is 1.87. The second kappa shape index (κ2) is 3.92. The van der Waals surface area contributed by atoms with Crippen LogP contribution in [-0.2, 0) is 6.54 Å². The SMILES string of the molecule is Cc1ccn(CC2CCCCN2)n1. The lowest BCUT2D eigenvalue weighted by Crippen LogP contribution is -2.37. The van der Waals surface area contributed by atoms with Crippen LogP contribution in [0.4, 0.5) is 0 Å². The molecule has 1 N–H and O–H groups in total. The minimum Gasteiger partial charge on any atom is -0.312 e. The molecule has 2 heterocycles. The lowest BCUT2D eigenvalue weighted by molar-refractivity contribution is 0.350. The van der Waals surface area contributed by atoms with E-state index in [1.54, 1.807) is 0 Å². The molecule has 1 fully saturated rings. The normalized spacial score (nSPS) is 23.3. The van der Waals surface area contributed by atoms with Crippen LogP contribution in [0.5, 0.6) is 0 Å². The zero-order valence-corrected chi connectivity index (χ0v) is 8.16. The largest absolute Gasteiger partial charge is 0.312 e. The van der Waals surface area contributed by atoms with Gasteiger partial charge in [-0.2, -0.15) is 5.10 Å². The summed E-state index contributed by atoms with van der Waals surface area (Å²) in [5, 5.41) is 7.90. The monoisotopic (exact) mass is 179 g/mol. The van der Waals surface area contributed by atoms with Gasteiger partial charge in [-0.1, -0.05) is 6.42 Å². The van der Waals surface area contributed by atoms with E-state index < -0.39 is 0 Å². The highest BCUT2D eigenvalue weighted by molar-refractivity contribution is 4.95. The molecule has 0 radical (unpaired) electrons. The number of hydrogen-bond acceptors (Lipinski definition) is 2. The van der Waals surface area contributed by atoms with Crippen LogP contribution < -0.4 is 5.32 Å². The third-order valence-corrected chi connectivity index (χ3v) is 2.59. The van der Waals surface area contributed by atoms with Crippen molar-refractivity contribution in [2.75, 3.05) is 6.54 Å². The molecule has 0 aromatic carbocycles. The number of piperidine rings is 1. The number of hydrogen-bond donors (Lipinski definition) is 1. The minimum absolute atomic E-state index is 0.632. The molecular weight excluding hydrogens is 162 g/mol. The summed E-state index contributed by atoms with van der Waals surface area (Å²) in [5.41, 5.74) is 1.11. The van der Waals surface area contributed by atoms with E-state index in [0.29, 0.717) is 6.04 Å². The molecule has 1 aliphatic heterocycles. The van der Waals surface area contributed by atoms with Gasteiger partial charge in [-0.3, -0.25) is 4.68 Å². The average molecular weight is 179 g/mol. The first-order valence-electron chi connectivity index (χ1n) is 5.08. The van der Waals surface area contributed by atoms with Gasteiger partial charge in [0.1, 0.15) is 0 Å². The molecule has 0 spiro atoms. The molecule has 1 aromatic heterocycles. The predicted molar refractivity (Wildman–Crippen MR) is 52.6 cm³/mol. The van der Waals surface area contributed by atoms with Crippen LogP contribution in [0.15, 0.2) is 12.3 Å². The molecule has 1 aliphatic rings. The van der Waals surface area contributed by atoms with Crippen molar-refractivity contribution in [3.05, 3.63) is 18.0 Å².